The first-order valence-electron chi connectivity index (χ1n) is 11.5. The maximum atomic E-state index is 12.6. The summed E-state index contributed by atoms with van der Waals surface area (Å²) in [6, 6.07) is 0.136. The fourth-order valence-corrected chi connectivity index (χ4v) is 7.19. The van der Waals surface area contributed by atoms with Gasteiger partial charge in [0.2, 0.25) is 5.91 Å². The predicted molar refractivity (Wildman–Crippen MR) is 130 cm³/mol. The van der Waals surface area contributed by atoms with Crippen LogP contribution in [0.2, 0.25) is 0 Å². The molecule has 3 heterocycles. The van der Waals surface area contributed by atoms with Crippen molar-refractivity contribution in [3.63, 3.8) is 0 Å². The summed E-state index contributed by atoms with van der Waals surface area (Å²) < 4.78 is 0. The van der Waals surface area contributed by atoms with E-state index in [1.165, 1.54) is 35.0 Å². The van der Waals surface area contributed by atoms with Crippen LogP contribution in [0.3, 0.4) is 0 Å². The first-order valence-corrected chi connectivity index (χ1v) is 13.5. The molecule has 0 spiro atoms. The third-order valence-corrected chi connectivity index (χ3v) is 8.36. The molecule has 2 aromatic rings. The number of aromatic amines is 1. The van der Waals surface area contributed by atoms with Crippen LogP contribution in [0.1, 0.15) is 56.3 Å². The van der Waals surface area contributed by atoms with Crippen molar-refractivity contribution in [2.45, 2.75) is 64.7 Å². The smallest absolute Gasteiger partial charge is 0.259 e. The van der Waals surface area contributed by atoms with Crippen molar-refractivity contribution in [3.8, 4) is 0 Å². The SMILES string of the molecule is CC1CC(C)CN(CC(C)NC(=O)CSCc2nc3sc4c(c3c(=O)[nH]2)CCCC4)C1. The molecule has 1 fully saturated rings. The van der Waals surface area contributed by atoms with E-state index in [2.05, 4.69) is 36.0 Å². The number of aryl methyl sites for hydroxylation is 2. The number of aromatic nitrogens is 2. The summed E-state index contributed by atoms with van der Waals surface area (Å²) in [6.07, 6.45) is 5.70. The van der Waals surface area contributed by atoms with E-state index in [1.54, 1.807) is 11.3 Å². The third kappa shape index (κ3) is 5.71. The average molecular weight is 463 g/mol. The lowest BCUT2D eigenvalue weighted by Crippen LogP contribution is -2.47. The molecule has 0 radical (unpaired) electrons. The lowest BCUT2D eigenvalue weighted by molar-refractivity contribution is -0.119. The highest BCUT2D eigenvalue weighted by Crippen LogP contribution is 2.33. The van der Waals surface area contributed by atoms with Gasteiger partial charge in [-0.1, -0.05) is 13.8 Å². The largest absolute Gasteiger partial charge is 0.352 e. The molecule has 0 aromatic carbocycles. The second-order valence-electron chi connectivity index (χ2n) is 9.53. The number of rotatable bonds is 7. The zero-order valence-electron chi connectivity index (χ0n) is 18.8. The molecule has 3 unspecified atom stereocenters. The number of H-pyrrole nitrogens is 1. The number of hydrogen-bond acceptors (Lipinski definition) is 6. The molecular formula is C23H34N4O2S2. The van der Waals surface area contributed by atoms with Gasteiger partial charge in [0.25, 0.3) is 5.56 Å². The number of hydrogen-bond donors (Lipinski definition) is 2. The van der Waals surface area contributed by atoms with Crippen LogP contribution in [0.4, 0.5) is 0 Å². The van der Waals surface area contributed by atoms with E-state index in [1.807, 2.05) is 0 Å². The van der Waals surface area contributed by atoms with Crippen LogP contribution in [0.5, 0.6) is 0 Å². The standard InChI is InChI=1S/C23H34N4O2S2/c1-14-8-15(2)10-27(9-14)11-16(3)24-20(28)13-30-12-19-25-22(29)21-17-6-4-5-7-18(17)31-23(21)26-19/h14-16H,4-13H2,1-3H3,(H,24,28)(H,25,26,29). The Labute approximate surface area is 192 Å². The number of carbonyl (C=O) groups excluding carboxylic acids is 1. The van der Waals surface area contributed by atoms with Crippen LogP contribution >= 0.6 is 23.1 Å². The van der Waals surface area contributed by atoms with Crippen LogP contribution in [0.25, 0.3) is 10.2 Å². The van der Waals surface area contributed by atoms with E-state index in [9.17, 15) is 9.59 Å². The molecule has 1 aliphatic carbocycles. The van der Waals surface area contributed by atoms with Gasteiger partial charge in [0.05, 0.1) is 16.9 Å². The molecule has 170 valence electrons. The van der Waals surface area contributed by atoms with Crippen molar-refractivity contribution in [3.05, 3.63) is 26.6 Å². The number of amides is 1. The molecule has 2 aliphatic rings. The van der Waals surface area contributed by atoms with E-state index < -0.39 is 0 Å². The molecule has 1 amide bonds. The van der Waals surface area contributed by atoms with E-state index in [0.717, 1.165) is 60.9 Å². The second kappa shape index (κ2) is 10.0. The van der Waals surface area contributed by atoms with E-state index >= 15 is 0 Å². The van der Waals surface area contributed by atoms with E-state index in [0.29, 0.717) is 17.3 Å². The van der Waals surface area contributed by atoms with Gasteiger partial charge >= 0.3 is 0 Å². The van der Waals surface area contributed by atoms with E-state index in [-0.39, 0.29) is 17.5 Å². The fraction of sp³-hybridized carbons (Fsp3) is 0.696. The number of nitrogens with one attached hydrogen (secondary N) is 2. The second-order valence-corrected chi connectivity index (χ2v) is 11.6. The van der Waals surface area contributed by atoms with Gasteiger partial charge in [-0.25, -0.2) is 4.98 Å². The number of fused-ring (bicyclic) bond motifs is 3. The van der Waals surface area contributed by atoms with Crippen molar-refractivity contribution < 1.29 is 4.79 Å². The average Bonchev–Trinajstić information content (AvgIpc) is 3.05. The number of nitrogens with zero attached hydrogens (tertiary/aromatic N) is 2. The van der Waals surface area contributed by atoms with Gasteiger partial charge in [-0.15, -0.1) is 23.1 Å². The Bertz CT molecular complexity index is 976. The first-order chi connectivity index (χ1) is 14.9. The Morgan fingerprint density at radius 1 is 1.29 bits per heavy atom. The number of carbonyl (C=O) groups is 1. The van der Waals surface area contributed by atoms with Gasteiger partial charge in [0.15, 0.2) is 0 Å². The molecule has 2 N–H and O–H groups in total. The monoisotopic (exact) mass is 462 g/mol. The van der Waals surface area contributed by atoms with Crippen molar-refractivity contribution in [2.24, 2.45) is 11.8 Å². The summed E-state index contributed by atoms with van der Waals surface area (Å²) >= 11 is 3.17. The number of piperidine rings is 1. The predicted octanol–water partition coefficient (Wildman–Crippen LogP) is 3.58. The van der Waals surface area contributed by atoms with Crippen molar-refractivity contribution in [1.29, 1.82) is 0 Å². The lowest BCUT2D eigenvalue weighted by atomic mass is 9.92. The van der Waals surface area contributed by atoms with Gasteiger partial charge in [0.1, 0.15) is 10.7 Å². The Morgan fingerprint density at radius 3 is 2.81 bits per heavy atom. The van der Waals surface area contributed by atoms with Crippen molar-refractivity contribution in [2.75, 3.05) is 25.4 Å². The Morgan fingerprint density at radius 2 is 2.03 bits per heavy atom. The Hall–Kier alpha value is -1.38. The minimum absolute atomic E-state index is 0.0249. The fourth-order valence-electron chi connectivity index (χ4n) is 5.21. The minimum atomic E-state index is -0.0249. The summed E-state index contributed by atoms with van der Waals surface area (Å²) in [5.74, 6) is 3.08. The van der Waals surface area contributed by atoms with Crippen LogP contribution < -0.4 is 10.9 Å². The summed E-state index contributed by atoms with van der Waals surface area (Å²) in [5, 5.41) is 3.92. The van der Waals surface area contributed by atoms with Gasteiger partial charge in [-0.2, -0.15) is 0 Å². The topological polar surface area (TPSA) is 78.1 Å². The highest BCUT2D eigenvalue weighted by atomic mass is 32.2. The Kier molecular flexibility index (Phi) is 7.39. The quantitative estimate of drug-likeness (QED) is 0.658. The molecule has 31 heavy (non-hydrogen) atoms. The molecule has 6 nitrogen and oxygen atoms in total. The normalized spacial score (nSPS) is 22.9. The highest BCUT2D eigenvalue weighted by Gasteiger charge is 2.23. The molecule has 4 rings (SSSR count). The lowest BCUT2D eigenvalue weighted by Gasteiger charge is -2.36. The zero-order chi connectivity index (χ0) is 22.0. The Balaban J connectivity index is 1.26. The van der Waals surface area contributed by atoms with Crippen molar-refractivity contribution >= 4 is 39.2 Å². The molecule has 1 saturated heterocycles. The number of likely N-dealkylation sites (tertiary alicyclic amines) is 1. The van der Waals surface area contributed by atoms with Crippen molar-refractivity contribution in [1.82, 2.24) is 20.2 Å². The summed E-state index contributed by atoms with van der Waals surface area (Å²) in [4.78, 5) is 37.3. The minimum Gasteiger partial charge on any atom is -0.352 e. The van der Waals surface area contributed by atoms with Gasteiger partial charge in [-0.05, 0) is 56.4 Å². The first kappa shape index (κ1) is 22.8. The van der Waals surface area contributed by atoms with Gasteiger partial charge in [-0.3, -0.25) is 9.59 Å². The van der Waals surface area contributed by atoms with Gasteiger partial charge < -0.3 is 15.2 Å². The number of thiophene rings is 1. The van der Waals surface area contributed by atoms with Crippen LogP contribution in [0.15, 0.2) is 4.79 Å². The molecule has 1 aliphatic heterocycles. The van der Waals surface area contributed by atoms with Crippen LogP contribution in [-0.4, -0.2) is 52.2 Å². The molecule has 3 atom stereocenters. The summed E-state index contributed by atoms with van der Waals surface area (Å²) in [6.45, 7) is 9.84. The number of thioether (sulfide) groups is 1. The molecule has 0 saturated carbocycles. The maximum Gasteiger partial charge on any atom is 0.259 e. The summed E-state index contributed by atoms with van der Waals surface area (Å²) in [7, 11) is 0. The van der Waals surface area contributed by atoms with Crippen LogP contribution in [-0.2, 0) is 23.4 Å². The molecule has 2 aromatic heterocycles. The summed E-state index contributed by atoms with van der Waals surface area (Å²) in [5.41, 5.74) is 1.19. The third-order valence-electron chi connectivity index (χ3n) is 6.23. The van der Waals surface area contributed by atoms with Gasteiger partial charge in [0, 0.05) is 30.6 Å². The molecule has 0 bridgehead atoms. The zero-order valence-corrected chi connectivity index (χ0v) is 20.5. The molecular weight excluding hydrogens is 428 g/mol. The van der Waals surface area contributed by atoms with E-state index in [4.69, 9.17) is 4.98 Å². The molecule has 8 heteroatoms. The maximum absolute atomic E-state index is 12.6. The highest BCUT2D eigenvalue weighted by molar-refractivity contribution is 7.99. The van der Waals surface area contributed by atoms with Crippen LogP contribution in [0, 0.1) is 11.8 Å².